The Labute approximate surface area is 164 Å². The van der Waals surface area contributed by atoms with Crippen molar-refractivity contribution in [2.75, 3.05) is 32.1 Å². The summed E-state index contributed by atoms with van der Waals surface area (Å²) in [5, 5.41) is 2.07. The Balaban J connectivity index is 1.53. The molecule has 1 aliphatic heterocycles. The van der Waals surface area contributed by atoms with Crippen molar-refractivity contribution in [3.63, 3.8) is 0 Å². The molecule has 6 nitrogen and oxygen atoms in total. The number of aromatic nitrogens is 2. The lowest BCUT2D eigenvalue weighted by atomic mass is 10.0. The minimum absolute atomic E-state index is 0.0529. The lowest BCUT2D eigenvalue weighted by molar-refractivity contribution is 0.0530. The lowest BCUT2D eigenvalue weighted by Gasteiger charge is -2.33. The Bertz CT molecular complexity index is 984. The highest BCUT2D eigenvalue weighted by atomic mass is 16.5. The lowest BCUT2D eigenvalue weighted by Crippen LogP contribution is -2.44. The van der Waals surface area contributed by atoms with Crippen LogP contribution in [0.1, 0.15) is 23.2 Å². The Morgan fingerprint density at radius 2 is 1.89 bits per heavy atom. The van der Waals surface area contributed by atoms with Crippen LogP contribution in [-0.2, 0) is 0 Å². The second-order valence-electron chi connectivity index (χ2n) is 7.24. The van der Waals surface area contributed by atoms with Gasteiger partial charge < -0.3 is 14.5 Å². The van der Waals surface area contributed by atoms with Gasteiger partial charge in [-0.2, -0.15) is 0 Å². The average molecular weight is 376 g/mol. The summed E-state index contributed by atoms with van der Waals surface area (Å²) in [6, 6.07) is 13.9. The highest BCUT2D eigenvalue weighted by molar-refractivity contribution is 6.07. The van der Waals surface area contributed by atoms with Crippen molar-refractivity contribution in [1.29, 1.82) is 0 Å². The maximum absolute atomic E-state index is 13.2. The van der Waals surface area contributed by atoms with E-state index in [1.165, 1.54) is 0 Å². The largest absolute Gasteiger partial charge is 0.470 e. The first-order chi connectivity index (χ1) is 13.6. The number of nitrogens with zero attached hydrogens (tertiary/aromatic N) is 4. The van der Waals surface area contributed by atoms with Crippen LogP contribution in [0.5, 0.6) is 5.88 Å². The maximum Gasteiger partial charge on any atom is 0.257 e. The van der Waals surface area contributed by atoms with E-state index < -0.39 is 0 Å². The van der Waals surface area contributed by atoms with Crippen LogP contribution in [0, 0.1) is 0 Å². The van der Waals surface area contributed by atoms with E-state index in [4.69, 9.17) is 4.74 Å². The third-order valence-electron chi connectivity index (χ3n) is 5.03. The molecule has 0 bridgehead atoms. The number of hydrogen-bond acceptors (Lipinski definition) is 5. The third-order valence-corrected chi connectivity index (χ3v) is 5.03. The molecule has 0 aliphatic carbocycles. The van der Waals surface area contributed by atoms with Crippen molar-refractivity contribution in [2.45, 2.75) is 18.9 Å². The van der Waals surface area contributed by atoms with Gasteiger partial charge in [0.1, 0.15) is 6.10 Å². The molecule has 1 saturated heterocycles. The Morgan fingerprint density at radius 1 is 1.11 bits per heavy atom. The minimum atomic E-state index is -0.0944. The normalized spacial score (nSPS) is 16.8. The molecule has 1 aliphatic rings. The number of rotatable bonds is 4. The number of carbonyl (C=O) groups excluding carboxylic acids is 1. The molecule has 4 rings (SSSR count). The molecule has 0 N–H and O–H groups in total. The Morgan fingerprint density at radius 3 is 2.75 bits per heavy atom. The van der Waals surface area contributed by atoms with Crippen LogP contribution in [0.4, 0.5) is 5.82 Å². The molecule has 1 aromatic heterocycles. The molecule has 28 heavy (non-hydrogen) atoms. The summed E-state index contributed by atoms with van der Waals surface area (Å²) in [6.07, 6.45) is 4.98. The van der Waals surface area contributed by atoms with E-state index in [0.29, 0.717) is 18.2 Å². The Hall–Kier alpha value is -3.15. The van der Waals surface area contributed by atoms with Crippen LogP contribution < -0.4 is 9.64 Å². The maximum atomic E-state index is 13.2. The number of amides is 1. The Kier molecular flexibility index (Phi) is 5.10. The van der Waals surface area contributed by atoms with Crippen LogP contribution >= 0.6 is 0 Å². The average Bonchev–Trinajstić information content (AvgIpc) is 2.73. The first kappa shape index (κ1) is 18.2. The zero-order chi connectivity index (χ0) is 19.5. The summed E-state index contributed by atoms with van der Waals surface area (Å²) >= 11 is 0. The van der Waals surface area contributed by atoms with E-state index in [9.17, 15) is 4.79 Å². The van der Waals surface area contributed by atoms with Crippen molar-refractivity contribution in [3.05, 3.63) is 60.4 Å². The second kappa shape index (κ2) is 7.84. The van der Waals surface area contributed by atoms with Crippen molar-refractivity contribution < 1.29 is 9.53 Å². The molecule has 0 spiro atoms. The van der Waals surface area contributed by atoms with Gasteiger partial charge >= 0.3 is 0 Å². The zero-order valence-corrected chi connectivity index (χ0v) is 16.2. The fourth-order valence-electron chi connectivity index (χ4n) is 3.67. The van der Waals surface area contributed by atoms with Crippen molar-refractivity contribution in [2.24, 2.45) is 0 Å². The number of hydrogen-bond donors (Lipinski definition) is 0. The number of carbonyl (C=O) groups is 1. The van der Waals surface area contributed by atoms with Gasteiger partial charge in [-0.15, -0.1) is 0 Å². The molecule has 144 valence electrons. The van der Waals surface area contributed by atoms with E-state index in [2.05, 4.69) is 9.97 Å². The zero-order valence-electron chi connectivity index (χ0n) is 16.2. The molecular weight excluding hydrogens is 352 g/mol. The highest BCUT2D eigenvalue weighted by Gasteiger charge is 2.27. The fourth-order valence-corrected chi connectivity index (χ4v) is 3.67. The van der Waals surface area contributed by atoms with Gasteiger partial charge in [0.05, 0.1) is 6.54 Å². The third kappa shape index (κ3) is 3.63. The number of ether oxygens (including phenoxy) is 1. The van der Waals surface area contributed by atoms with Gasteiger partial charge in [-0.3, -0.25) is 4.79 Å². The van der Waals surface area contributed by atoms with Crippen molar-refractivity contribution in [1.82, 2.24) is 14.9 Å². The highest BCUT2D eigenvalue weighted by Crippen LogP contribution is 2.26. The topological polar surface area (TPSA) is 58.6 Å². The first-order valence-corrected chi connectivity index (χ1v) is 9.55. The van der Waals surface area contributed by atoms with Crippen LogP contribution in [0.15, 0.2) is 54.9 Å². The smallest absolute Gasteiger partial charge is 0.257 e. The molecule has 1 atom stereocenters. The summed E-state index contributed by atoms with van der Waals surface area (Å²) < 4.78 is 6.14. The van der Waals surface area contributed by atoms with E-state index >= 15 is 0 Å². The van der Waals surface area contributed by atoms with Gasteiger partial charge in [0.2, 0.25) is 0 Å². The number of benzene rings is 2. The standard InChI is InChI=1S/C22H24N4O2/c1-25(2)20-21(24-13-12-23-20)28-17-9-6-14-26(15-17)22(27)19-11-5-8-16-7-3-4-10-18(16)19/h3-5,7-8,10-13,17H,6,9,14-15H2,1-2H3. The summed E-state index contributed by atoms with van der Waals surface area (Å²) in [6.45, 7) is 1.29. The van der Waals surface area contributed by atoms with Gasteiger partial charge in [-0.05, 0) is 29.7 Å². The quantitative estimate of drug-likeness (QED) is 0.699. The monoisotopic (exact) mass is 376 g/mol. The van der Waals surface area contributed by atoms with E-state index in [0.717, 1.165) is 35.7 Å². The molecule has 1 fully saturated rings. The van der Waals surface area contributed by atoms with E-state index in [1.54, 1.807) is 12.4 Å². The summed E-state index contributed by atoms with van der Waals surface area (Å²) in [7, 11) is 3.82. The van der Waals surface area contributed by atoms with Crippen molar-refractivity contribution >= 4 is 22.5 Å². The summed E-state index contributed by atoms with van der Waals surface area (Å²) in [4.78, 5) is 25.7. The second-order valence-corrected chi connectivity index (χ2v) is 7.24. The summed E-state index contributed by atoms with van der Waals surface area (Å²) in [5.74, 6) is 1.26. The molecule has 3 aromatic rings. The molecule has 6 heteroatoms. The molecule has 0 saturated carbocycles. The number of fused-ring (bicyclic) bond motifs is 1. The molecule has 1 unspecified atom stereocenters. The van der Waals surface area contributed by atoms with Crippen molar-refractivity contribution in [3.8, 4) is 5.88 Å². The first-order valence-electron chi connectivity index (χ1n) is 9.55. The van der Waals surface area contributed by atoms with Gasteiger partial charge in [0.15, 0.2) is 5.82 Å². The number of piperidine rings is 1. The molecular formula is C22H24N4O2. The van der Waals surface area contributed by atoms with Gasteiger partial charge in [0, 0.05) is 38.6 Å². The van der Waals surface area contributed by atoms with Crippen LogP contribution in [0.25, 0.3) is 10.8 Å². The van der Waals surface area contributed by atoms with Gasteiger partial charge in [-0.1, -0.05) is 36.4 Å². The van der Waals surface area contributed by atoms with E-state index in [-0.39, 0.29) is 12.0 Å². The van der Waals surface area contributed by atoms with Crippen LogP contribution in [-0.4, -0.2) is 54.1 Å². The molecule has 0 radical (unpaired) electrons. The number of anilines is 1. The number of likely N-dealkylation sites (tertiary alicyclic amines) is 1. The SMILES string of the molecule is CN(C)c1nccnc1OC1CCCN(C(=O)c2cccc3ccccc23)C1. The predicted molar refractivity (Wildman–Crippen MR) is 110 cm³/mol. The fraction of sp³-hybridized carbons (Fsp3) is 0.318. The van der Waals surface area contributed by atoms with Gasteiger partial charge in [0.25, 0.3) is 11.8 Å². The minimum Gasteiger partial charge on any atom is -0.470 e. The van der Waals surface area contributed by atoms with Gasteiger partial charge in [-0.25, -0.2) is 9.97 Å². The van der Waals surface area contributed by atoms with E-state index in [1.807, 2.05) is 66.4 Å². The predicted octanol–water partition coefficient (Wildman–Crippen LogP) is 3.38. The van der Waals surface area contributed by atoms with Crippen LogP contribution in [0.3, 0.4) is 0 Å². The molecule has 2 aromatic carbocycles. The molecule has 2 heterocycles. The molecule has 1 amide bonds. The van der Waals surface area contributed by atoms with Crippen LogP contribution in [0.2, 0.25) is 0 Å². The summed E-state index contributed by atoms with van der Waals surface area (Å²) in [5.41, 5.74) is 0.743.